The number of carbonyl (C=O) groups excluding carboxylic acids is 1. The van der Waals surface area contributed by atoms with Crippen molar-refractivity contribution < 1.29 is 27.8 Å². The lowest BCUT2D eigenvalue weighted by molar-refractivity contribution is -0.130. The van der Waals surface area contributed by atoms with Crippen molar-refractivity contribution in [3.8, 4) is 5.75 Å². The predicted molar refractivity (Wildman–Crippen MR) is 179 cm³/mol. The smallest absolute Gasteiger partial charge is 0.266 e. The van der Waals surface area contributed by atoms with Crippen LogP contribution in [0.2, 0.25) is 0 Å². The molecular weight excluding hydrogens is 620 g/mol. The minimum atomic E-state index is -3.82. The molecule has 1 amide bonds. The molecular formula is C34H42N6O6S. The van der Waals surface area contributed by atoms with E-state index in [1.807, 2.05) is 0 Å². The largest absolute Gasteiger partial charge is 0.494 e. The molecule has 4 rings (SSSR count). The molecule has 12 nitrogen and oxygen atoms in total. The fourth-order valence-corrected chi connectivity index (χ4v) is 6.50. The molecule has 1 heterocycles. The van der Waals surface area contributed by atoms with Gasteiger partial charge in [-0.2, -0.15) is 0 Å². The highest BCUT2D eigenvalue weighted by Gasteiger charge is 2.54. The molecule has 2 atom stereocenters. The first-order valence-electron chi connectivity index (χ1n) is 15.5. The molecule has 0 aromatic heterocycles. The number of nitrogens with zero attached hydrogens (tertiary/aromatic N) is 4. The van der Waals surface area contributed by atoms with Crippen LogP contribution in [0.5, 0.6) is 5.75 Å². The number of amides is 1. The molecule has 13 heteroatoms. The van der Waals surface area contributed by atoms with E-state index in [1.54, 1.807) is 66.7 Å². The third-order valence-corrected chi connectivity index (χ3v) is 9.46. The van der Waals surface area contributed by atoms with Crippen LogP contribution in [-0.4, -0.2) is 56.4 Å². The molecule has 3 aromatic carbocycles. The average Bonchev–Trinajstić information content (AvgIpc) is 3.46. The van der Waals surface area contributed by atoms with Gasteiger partial charge < -0.3 is 14.6 Å². The number of aliphatic imine (C=N–C) groups is 1. The Morgan fingerprint density at radius 1 is 1.09 bits per heavy atom. The molecule has 0 saturated heterocycles. The second-order valence-corrected chi connectivity index (χ2v) is 14.6. The normalized spacial score (nSPS) is 17.7. The summed E-state index contributed by atoms with van der Waals surface area (Å²) in [5.41, 5.74) is 14.9. The van der Waals surface area contributed by atoms with Gasteiger partial charge in [-0.3, -0.25) is 10.2 Å². The molecule has 1 aliphatic rings. The molecule has 0 fully saturated rings. The Bertz CT molecular complexity index is 1690. The summed E-state index contributed by atoms with van der Waals surface area (Å²) < 4.78 is 39.3. The summed E-state index contributed by atoms with van der Waals surface area (Å²) in [5, 5.41) is 12.8. The van der Waals surface area contributed by atoms with Crippen molar-refractivity contribution in [2.75, 3.05) is 25.5 Å². The van der Waals surface area contributed by atoms with E-state index in [2.05, 4.69) is 41.6 Å². The first kappa shape index (κ1) is 35.4. The van der Waals surface area contributed by atoms with E-state index < -0.39 is 27.4 Å². The Kier molecular flexibility index (Phi) is 12.0. The van der Waals surface area contributed by atoms with Crippen LogP contribution in [0, 0.1) is 5.41 Å². The molecule has 0 spiro atoms. The maximum absolute atomic E-state index is 14.4. The van der Waals surface area contributed by atoms with Crippen molar-refractivity contribution in [2.24, 2.45) is 15.5 Å². The van der Waals surface area contributed by atoms with E-state index in [0.717, 1.165) is 6.42 Å². The SMILES string of the molecule is CC(C)(C)CCNNC(=O)[C@@]1(CCS(=O)(=O)c2ccccc2)N=C(c2ccc(OCCCO)cc2)O[C@H]1c1ccccc1CN=[N+]=[N-]. The molecule has 0 unspecified atom stereocenters. The number of rotatable bonds is 16. The maximum Gasteiger partial charge on any atom is 0.266 e. The van der Waals surface area contributed by atoms with Crippen molar-refractivity contribution in [3.05, 3.63) is 106 Å². The number of hydrogen-bond donors (Lipinski definition) is 3. The van der Waals surface area contributed by atoms with Gasteiger partial charge in [0.2, 0.25) is 5.90 Å². The number of aliphatic hydroxyl groups is 1. The third-order valence-electron chi connectivity index (χ3n) is 7.73. The summed E-state index contributed by atoms with van der Waals surface area (Å²) in [7, 11) is -3.82. The van der Waals surface area contributed by atoms with Crippen LogP contribution in [0.3, 0.4) is 0 Å². The van der Waals surface area contributed by atoms with Crippen LogP contribution in [0.15, 0.2) is 93.9 Å². The van der Waals surface area contributed by atoms with Gasteiger partial charge in [0.1, 0.15) is 5.75 Å². The Morgan fingerprint density at radius 3 is 2.47 bits per heavy atom. The molecule has 250 valence electrons. The fraction of sp³-hybridized carbons (Fsp3) is 0.412. The van der Waals surface area contributed by atoms with Crippen LogP contribution in [-0.2, 0) is 25.9 Å². The van der Waals surface area contributed by atoms with Gasteiger partial charge in [0.05, 0.1) is 23.8 Å². The van der Waals surface area contributed by atoms with Crippen LogP contribution >= 0.6 is 0 Å². The van der Waals surface area contributed by atoms with Gasteiger partial charge in [0, 0.05) is 36.5 Å². The lowest BCUT2D eigenvalue weighted by atomic mass is 9.83. The van der Waals surface area contributed by atoms with Gasteiger partial charge in [0.15, 0.2) is 21.5 Å². The van der Waals surface area contributed by atoms with Crippen LogP contribution in [0.25, 0.3) is 10.4 Å². The minimum absolute atomic E-state index is 0.00835. The van der Waals surface area contributed by atoms with E-state index >= 15 is 0 Å². The standard InChI is InChI=1S/C34H42N6O6S/c1-33(2,3)18-20-36-39-32(42)34(19-23-47(43,44)28-11-5-4-6-12-28)30(29-13-8-7-10-26(29)24-37-40-35)46-31(38-34)25-14-16-27(17-15-25)45-22-9-21-41/h4-8,10-17,30,36,41H,9,18-24H2,1-3H3,(H,39,42)/t30-,34-/m0/s1. The van der Waals surface area contributed by atoms with E-state index in [1.165, 1.54) is 12.1 Å². The topological polar surface area (TPSA) is 175 Å². The highest BCUT2D eigenvalue weighted by Crippen LogP contribution is 2.44. The summed E-state index contributed by atoms with van der Waals surface area (Å²) >= 11 is 0. The first-order chi connectivity index (χ1) is 22.5. The number of hydrogen-bond acceptors (Lipinski definition) is 9. The van der Waals surface area contributed by atoms with E-state index in [4.69, 9.17) is 25.1 Å². The van der Waals surface area contributed by atoms with E-state index in [9.17, 15) is 13.2 Å². The lowest BCUT2D eigenvalue weighted by Gasteiger charge is -2.31. The molecule has 1 aliphatic heterocycles. The molecule has 3 N–H and O–H groups in total. The predicted octanol–water partition coefficient (Wildman–Crippen LogP) is 5.44. The van der Waals surface area contributed by atoms with Gasteiger partial charge in [0.25, 0.3) is 5.91 Å². The highest BCUT2D eigenvalue weighted by molar-refractivity contribution is 7.91. The van der Waals surface area contributed by atoms with Crippen LogP contribution < -0.4 is 15.6 Å². The molecule has 0 aliphatic carbocycles. The summed E-state index contributed by atoms with van der Waals surface area (Å²) in [6.07, 6.45) is -0.0113. The second kappa shape index (κ2) is 15.9. The summed E-state index contributed by atoms with van der Waals surface area (Å²) in [6, 6.07) is 22.1. The number of ether oxygens (including phenoxy) is 2. The third kappa shape index (κ3) is 9.32. The quantitative estimate of drug-likeness (QED) is 0.0602. The summed E-state index contributed by atoms with van der Waals surface area (Å²) in [4.78, 5) is 22.3. The minimum Gasteiger partial charge on any atom is -0.494 e. The number of nitrogens with one attached hydrogen (secondary N) is 2. The second-order valence-electron chi connectivity index (χ2n) is 12.5. The van der Waals surface area contributed by atoms with Crippen molar-refractivity contribution in [2.45, 2.75) is 63.1 Å². The Morgan fingerprint density at radius 2 is 1.79 bits per heavy atom. The lowest BCUT2D eigenvalue weighted by Crippen LogP contribution is -2.53. The zero-order valence-corrected chi connectivity index (χ0v) is 27.7. The van der Waals surface area contributed by atoms with Crippen molar-refractivity contribution in [1.82, 2.24) is 10.9 Å². The maximum atomic E-state index is 14.4. The number of sulfone groups is 1. The van der Waals surface area contributed by atoms with Crippen LogP contribution in [0.4, 0.5) is 0 Å². The number of aliphatic hydroxyl groups excluding tert-OH is 1. The molecule has 0 radical (unpaired) electrons. The zero-order valence-electron chi connectivity index (χ0n) is 26.9. The van der Waals surface area contributed by atoms with Crippen LogP contribution in [0.1, 0.15) is 62.8 Å². The van der Waals surface area contributed by atoms with E-state index in [0.29, 0.717) is 42.0 Å². The highest BCUT2D eigenvalue weighted by atomic mass is 32.2. The van der Waals surface area contributed by atoms with Crippen molar-refractivity contribution in [3.63, 3.8) is 0 Å². The number of hydrazine groups is 1. The summed E-state index contributed by atoms with van der Waals surface area (Å²) in [6.45, 7) is 7.10. The number of benzene rings is 3. The van der Waals surface area contributed by atoms with Crippen molar-refractivity contribution >= 4 is 21.6 Å². The fourth-order valence-electron chi connectivity index (χ4n) is 5.11. The zero-order chi connectivity index (χ0) is 33.9. The Balaban J connectivity index is 1.79. The Hall–Kier alpha value is -4.42. The first-order valence-corrected chi connectivity index (χ1v) is 17.1. The molecule has 0 saturated carbocycles. The van der Waals surface area contributed by atoms with Gasteiger partial charge in [-0.15, -0.1) is 0 Å². The van der Waals surface area contributed by atoms with Gasteiger partial charge >= 0.3 is 0 Å². The monoisotopic (exact) mass is 662 g/mol. The molecule has 0 bridgehead atoms. The summed E-state index contributed by atoms with van der Waals surface area (Å²) in [5.74, 6) is -0.216. The van der Waals surface area contributed by atoms with E-state index in [-0.39, 0.29) is 41.5 Å². The van der Waals surface area contributed by atoms with Crippen molar-refractivity contribution in [1.29, 1.82) is 0 Å². The Labute approximate surface area is 275 Å². The van der Waals surface area contributed by atoms with Gasteiger partial charge in [-0.1, -0.05) is 68.4 Å². The molecule has 47 heavy (non-hydrogen) atoms. The van der Waals surface area contributed by atoms with Gasteiger partial charge in [-0.25, -0.2) is 18.8 Å². The average molecular weight is 663 g/mol. The number of carbonyl (C=O) groups is 1. The molecule has 3 aromatic rings. The number of azide groups is 1. The van der Waals surface area contributed by atoms with Gasteiger partial charge in [-0.05, 0) is 64.9 Å².